The topological polar surface area (TPSA) is 122 Å². The minimum Gasteiger partial charge on any atom is -0.267 e. The van der Waals surface area contributed by atoms with E-state index in [9.17, 15) is 14.4 Å². The molecule has 0 aliphatic heterocycles. The zero-order valence-electron chi connectivity index (χ0n) is 16.6. The molecule has 0 saturated carbocycles. The molecule has 0 radical (unpaired) electrons. The highest BCUT2D eigenvalue weighted by molar-refractivity contribution is 6.33. The van der Waals surface area contributed by atoms with Crippen molar-refractivity contribution in [1.82, 2.24) is 30.8 Å². The van der Waals surface area contributed by atoms with Crippen LogP contribution in [0.25, 0.3) is 10.8 Å². The van der Waals surface area contributed by atoms with E-state index < -0.39 is 17.4 Å². The molecule has 2 heterocycles. The molecule has 9 nitrogen and oxygen atoms in total. The molecule has 32 heavy (non-hydrogen) atoms. The van der Waals surface area contributed by atoms with E-state index in [1.54, 1.807) is 37.3 Å². The number of nitrogens with zero attached hydrogens (tertiary/aromatic N) is 3. The summed E-state index contributed by atoms with van der Waals surface area (Å²) in [5.74, 6) is -1.36. The molecule has 0 saturated heterocycles. The largest absolute Gasteiger partial charge is 0.290 e. The van der Waals surface area contributed by atoms with Crippen molar-refractivity contribution in [2.75, 3.05) is 0 Å². The summed E-state index contributed by atoms with van der Waals surface area (Å²) in [6.07, 6.45) is 0. The summed E-state index contributed by atoms with van der Waals surface area (Å²) in [6, 6.07) is 13.7. The number of amides is 2. The number of carbonyl (C=O) groups is 2. The van der Waals surface area contributed by atoms with Crippen molar-refractivity contribution in [1.29, 1.82) is 0 Å². The van der Waals surface area contributed by atoms with Gasteiger partial charge in [-0.1, -0.05) is 59.6 Å². The van der Waals surface area contributed by atoms with Gasteiger partial charge in [0, 0.05) is 10.4 Å². The molecule has 0 unspecified atom stereocenters. The average Bonchev–Trinajstić information content (AvgIpc) is 3.06. The van der Waals surface area contributed by atoms with E-state index in [0.717, 1.165) is 5.56 Å². The van der Waals surface area contributed by atoms with Crippen LogP contribution in [-0.2, 0) is 6.54 Å². The maximum Gasteiger partial charge on any atom is 0.290 e. The lowest BCUT2D eigenvalue weighted by molar-refractivity contribution is 0.0844. The lowest BCUT2D eigenvalue weighted by atomic mass is 10.1. The van der Waals surface area contributed by atoms with Crippen LogP contribution in [0.3, 0.4) is 0 Å². The lowest BCUT2D eigenvalue weighted by Crippen LogP contribution is -2.42. The molecule has 4 aromatic rings. The fraction of sp³-hybridized carbons (Fsp3) is 0.0952. The summed E-state index contributed by atoms with van der Waals surface area (Å²) >= 11 is 12.6. The Morgan fingerprint density at radius 1 is 1.00 bits per heavy atom. The normalized spacial score (nSPS) is 10.8. The molecule has 0 bridgehead atoms. The zero-order chi connectivity index (χ0) is 22.8. The molecule has 11 heteroatoms. The number of aryl methyl sites for hydroxylation is 1. The first-order chi connectivity index (χ1) is 15.4. The van der Waals surface area contributed by atoms with Crippen LogP contribution in [0, 0.1) is 6.92 Å². The number of aromatic nitrogens is 4. The maximum atomic E-state index is 12.7. The first kappa shape index (κ1) is 21.5. The smallest absolute Gasteiger partial charge is 0.267 e. The van der Waals surface area contributed by atoms with E-state index in [0.29, 0.717) is 21.5 Å². The second-order valence-electron chi connectivity index (χ2n) is 6.86. The Morgan fingerprint density at radius 3 is 2.41 bits per heavy atom. The number of hydrogen-bond donors (Lipinski definition) is 3. The minimum atomic E-state index is -0.706. The summed E-state index contributed by atoms with van der Waals surface area (Å²) in [6.45, 7) is 1.90. The summed E-state index contributed by atoms with van der Waals surface area (Å²) in [7, 11) is 0. The Kier molecular flexibility index (Phi) is 5.93. The van der Waals surface area contributed by atoms with Crippen molar-refractivity contribution in [3.63, 3.8) is 0 Å². The van der Waals surface area contributed by atoms with Gasteiger partial charge in [0.15, 0.2) is 5.69 Å². The third-order valence-electron chi connectivity index (χ3n) is 4.77. The predicted octanol–water partition coefficient (Wildman–Crippen LogP) is 2.86. The zero-order valence-corrected chi connectivity index (χ0v) is 18.2. The van der Waals surface area contributed by atoms with Crippen molar-refractivity contribution >= 4 is 45.8 Å². The number of aromatic amines is 1. The van der Waals surface area contributed by atoms with Crippen LogP contribution in [0.5, 0.6) is 0 Å². The number of nitrogens with one attached hydrogen (secondary N) is 3. The lowest BCUT2D eigenvalue weighted by Gasteiger charge is -2.09. The number of halogens is 2. The Balaban J connectivity index is 1.52. The highest BCUT2D eigenvalue weighted by atomic mass is 35.5. The van der Waals surface area contributed by atoms with Gasteiger partial charge in [-0.2, -0.15) is 10.2 Å². The Labute approximate surface area is 191 Å². The van der Waals surface area contributed by atoms with E-state index in [1.807, 2.05) is 18.2 Å². The highest BCUT2D eigenvalue weighted by Gasteiger charge is 2.22. The van der Waals surface area contributed by atoms with Gasteiger partial charge in [-0.25, -0.2) is 9.78 Å². The number of benzene rings is 2. The van der Waals surface area contributed by atoms with Crippen molar-refractivity contribution in [3.8, 4) is 0 Å². The van der Waals surface area contributed by atoms with E-state index in [1.165, 1.54) is 4.68 Å². The standard InChI is InChI=1S/C21H16Cl2N6O3/c1-11-16(18(23)29(28-11)10-12-6-2-5-9-15(12)22)20(31)26-27-21(32)17-13-7-3-4-8-14(13)19(30)25-24-17/h2-9H,10H2,1H3,(H,25,30)(H,26,31)(H,27,32). The molecule has 2 aromatic heterocycles. The molecule has 0 aliphatic rings. The molecule has 0 aliphatic carbocycles. The first-order valence-corrected chi connectivity index (χ1v) is 10.2. The molecule has 0 fully saturated rings. The van der Waals surface area contributed by atoms with Crippen LogP contribution in [-0.4, -0.2) is 31.8 Å². The van der Waals surface area contributed by atoms with Gasteiger partial charge in [0.25, 0.3) is 17.4 Å². The third-order valence-corrected chi connectivity index (χ3v) is 5.52. The maximum absolute atomic E-state index is 12.7. The quantitative estimate of drug-likeness (QED) is 0.395. The molecule has 2 amide bonds. The van der Waals surface area contributed by atoms with Crippen molar-refractivity contribution in [2.24, 2.45) is 0 Å². The van der Waals surface area contributed by atoms with Crippen LogP contribution in [0.2, 0.25) is 10.2 Å². The molecule has 0 spiro atoms. The van der Waals surface area contributed by atoms with Gasteiger partial charge in [-0.3, -0.25) is 25.2 Å². The number of hydrogen-bond acceptors (Lipinski definition) is 5. The second kappa shape index (κ2) is 8.81. The monoisotopic (exact) mass is 470 g/mol. The number of H-pyrrole nitrogens is 1. The molecule has 162 valence electrons. The Bertz CT molecular complexity index is 1410. The van der Waals surface area contributed by atoms with Gasteiger partial charge < -0.3 is 0 Å². The summed E-state index contributed by atoms with van der Waals surface area (Å²) in [4.78, 5) is 37.2. The van der Waals surface area contributed by atoms with Gasteiger partial charge in [0.1, 0.15) is 10.7 Å². The molecule has 4 rings (SSSR count). The van der Waals surface area contributed by atoms with E-state index >= 15 is 0 Å². The predicted molar refractivity (Wildman–Crippen MR) is 120 cm³/mol. The Hall–Kier alpha value is -3.69. The number of fused-ring (bicyclic) bond motifs is 1. The number of carbonyl (C=O) groups excluding carboxylic acids is 2. The average molecular weight is 471 g/mol. The molecule has 3 N–H and O–H groups in total. The highest BCUT2D eigenvalue weighted by Crippen LogP contribution is 2.23. The number of rotatable bonds is 4. The van der Waals surface area contributed by atoms with Crippen molar-refractivity contribution < 1.29 is 9.59 Å². The van der Waals surface area contributed by atoms with Crippen molar-refractivity contribution in [2.45, 2.75) is 13.5 Å². The molecular formula is C21H16Cl2N6O3. The first-order valence-electron chi connectivity index (χ1n) is 9.41. The minimum absolute atomic E-state index is 0.0438. The van der Waals surface area contributed by atoms with E-state index in [4.69, 9.17) is 23.2 Å². The van der Waals surface area contributed by atoms with Crippen LogP contribution in [0.4, 0.5) is 0 Å². The van der Waals surface area contributed by atoms with Gasteiger partial charge in [-0.05, 0) is 24.6 Å². The summed E-state index contributed by atoms with van der Waals surface area (Å²) in [5.41, 5.74) is 5.41. The van der Waals surface area contributed by atoms with Crippen molar-refractivity contribution in [3.05, 3.63) is 91.6 Å². The third kappa shape index (κ3) is 4.08. The second-order valence-corrected chi connectivity index (χ2v) is 7.62. The number of hydrazine groups is 1. The summed E-state index contributed by atoms with van der Waals surface area (Å²) < 4.78 is 1.45. The van der Waals surface area contributed by atoms with Crippen LogP contribution in [0.1, 0.15) is 32.1 Å². The van der Waals surface area contributed by atoms with Gasteiger partial charge in [0.05, 0.1) is 17.6 Å². The van der Waals surface area contributed by atoms with Gasteiger partial charge >= 0.3 is 0 Å². The van der Waals surface area contributed by atoms with E-state index in [-0.39, 0.29) is 23.0 Å². The molecule has 2 aromatic carbocycles. The summed E-state index contributed by atoms with van der Waals surface area (Å²) in [5, 5.41) is 11.7. The fourth-order valence-corrected chi connectivity index (χ4v) is 3.74. The van der Waals surface area contributed by atoms with Gasteiger partial charge in [0.2, 0.25) is 0 Å². The molecular weight excluding hydrogens is 455 g/mol. The van der Waals surface area contributed by atoms with Gasteiger partial charge in [-0.15, -0.1) is 0 Å². The van der Waals surface area contributed by atoms with E-state index in [2.05, 4.69) is 26.1 Å². The van der Waals surface area contributed by atoms with Crippen LogP contribution >= 0.6 is 23.2 Å². The van der Waals surface area contributed by atoms with Crippen LogP contribution in [0.15, 0.2) is 53.3 Å². The Morgan fingerprint density at radius 2 is 1.66 bits per heavy atom. The van der Waals surface area contributed by atoms with Crippen LogP contribution < -0.4 is 16.4 Å². The SMILES string of the molecule is Cc1nn(Cc2ccccc2Cl)c(Cl)c1C(=O)NNC(=O)c1n[nH]c(=O)c2ccccc12. The fourth-order valence-electron chi connectivity index (χ4n) is 3.23. The molecule has 0 atom stereocenters.